The van der Waals surface area contributed by atoms with Crippen LogP contribution >= 0.6 is 0 Å². The molecule has 2 heteroatoms. The highest BCUT2D eigenvalue weighted by atomic mass is 32.2. The molecule has 2 atom stereocenters. The molecule has 0 fully saturated rings. The summed E-state index contributed by atoms with van der Waals surface area (Å²) < 4.78 is 19.9. The second kappa shape index (κ2) is 4.26. The van der Waals surface area contributed by atoms with Crippen molar-refractivity contribution in [2.45, 2.75) is 32.6 Å². The van der Waals surface area contributed by atoms with E-state index >= 15 is 0 Å². The van der Waals surface area contributed by atoms with Crippen LogP contribution in [0.3, 0.4) is 0 Å². The van der Waals surface area contributed by atoms with E-state index in [9.17, 15) is 4.21 Å². The predicted octanol–water partition coefficient (Wildman–Crippen LogP) is 3.15. The molecule has 0 saturated carbocycles. The second-order valence-electron chi connectivity index (χ2n) is 4.59. The molecule has 78 valence electrons. The van der Waals surface area contributed by atoms with Gasteiger partial charge < -0.3 is 0 Å². The van der Waals surface area contributed by atoms with Gasteiger partial charge in [-0.2, -0.15) is 0 Å². The summed E-state index contributed by atoms with van der Waals surface area (Å²) in [6.07, 6.45) is 0. The van der Waals surface area contributed by atoms with E-state index in [1.54, 1.807) is 0 Å². The van der Waals surface area contributed by atoms with Crippen LogP contribution in [-0.2, 0) is 10.8 Å². The topological polar surface area (TPSA) is 17.1 Å². The summed E-state index contributed by atoms with van der Waals surface area (Å²) in [5, 5.41) is 0. The van der Waals surface area contributed by atoms with Crippen molar-refractivity contribution in [3.8, 4) is 0 Å². The predicted molar refractivity (Wildman–Crippen MR) is 61.9 cm³/mol. The van der Waals surface area contributed by atoms with E-state index in [-0.39, 0.29) is 5.41 Å². The molecule has 0 N–H and O–H groups in total. The van der Waals surface area contributed by atoms with Crippen LogP contribution in [0.2, 0.25) is 0 Å². The first-order chi connectivity index (χ1) is 6.82. The van der Waals surface area contributed by atoms with Crippen LogP contribution in [0.25, 0.3) is 0 Å². The monoisotopic (exact) mass is 211 g/mol. The largest absolute Gasteiger partial charge is 0.254 e. The van der Waals surface area contributed by atoms with Gasteiger partial charge in [0.2, 0.25) is 0 Å². The Morgan fingerprint density at radius 3 is 2.21 bits per heavy atom. The fourth-order valence-electron chi connectivity index (χ4n) is 1.06. The highest BCUT2D eigenvalue weighted by Crippen LogP contribution is 2.19. The molecule has 1 aromatic rings. The Kier molecular flexibility index (Phi) is 3.02. The first-order valence-corrected chi connectivity index (χ1v) is 5.93. The Labute approximate surface area is 90.4 Å². The van der Waals surface area contributed by atoms with Gasteiger partial charge in [0.15, 0.2) is 0 Å². The van der Waals surface area contributed by atoms with Crippen LogP contribution < -0.4 is 0 Å². The molecular weight excluding hydrogens is 192 g/mol. The van der Waals surface area contributed by atoms with Gasteiger partial charge in [0.05, 0.1) is 10.8 Å². The van der Waals surface area contributed by atoms with Crippen LogP contribution in [0.1, 0.15) is 27.7 Å². The quantitative estimate of drug-likeness (QED) is 0.734. The average molecular weight is 211 g/mol. The van der Waals surface area contributed by atoms with Crippen molar-refractivity contribution < 1.29 is 5.58 Å². The molecule has 0 saturated heterocycles. The fourth-order valence-corrected chi connectivity index (χ4v) is 2.24. The molecule has 1 aromatic carbocycles. The van der Waals surface area contributed by atoms with Crippen molar-refractivity contribution in [3.05, 3.63) is 29.8 Å². The van der Waals surface area contributed by atoms with E-state index in [4.69, 9.17) is 1.37 Å². The SMILES string of the molecule is [2H][C@@H](S(=O)c1ccc(C)cc1)C(C)(C)C. The zero-order valence-electron chi connectivity index (χ0n) is 10.2. The third-order valence-electron chi connectivity index (χ3n) is 1.71. The van der Waals surface area contributed by atoms with Crippen LogP contribution in [-0.4, -0.2) is 9.94 Å². The molecule has 0 spiro atoms. The summed E-state index contributed by atoms with van der Waals surface area (Å²) in [4.78, 5) is 0.746. The molecule has 0 radical (unpaired) electrons. The van der Waals surface area contributed by atoms with Crippen molar-refractivity contribution in [1.82, 2.24) is 0 Å². The first-order valence-electron chi connectivity index (χ1n) is 5.29. The lowest BCUT2D eigenvalue weighted by molar-refractivity contribution is 0.474. The highest BCUT2D eigenvalue weighted by Gasteiger charge is 2.15. The maximum absolute atomic E-state index is 12.0. The zero-order valence-corrected chi connectivity index (χ0v) is 10.0. The Morgan fingerprint density at radius 2 is 1.79 bits per heavy atom. The maximum Gasteiger partial charge on any atom is 0.0534 e. The van der Waals surface area contributed by atoms with Gasteiger partial charge in [0.1, 0.15) is 0 Å². The lowest BCUT2D eigenvalue weighted by Gasteiger charge is -2.17. The molecule has 0 heterocycles. The molecule has 1 nitrogen and oxygen atoms in total. The fraction of sp³-hybridized carbons (Fsp3) is 0.500. The summed E-state index contributed by atoms with van der Waals surface area (Å²) >= 11 is 0. The normalized spacial score (nSPS) is 17.3. The van der Waals surface area contributed by atoms with Gasteiger partial charge in [-0.1, -0.05) is 38.5 Å². The minimum absolute atomic E-state index is 0.254. The number of hydrogen-bond acceptors (Lipinski definition) is 1. The minimum atomic E-state index is -1.24. The van der Waals surface area contributed by atoms with Crippen LogP contribution in [0, 0.1) is 12.3 Å². The lowest BCUT2D eigenvalue weighted by atomic mass is 10.0. The summed E-state index contributed by atoms with van der Waals surface area (Å²) in [5.41, 5.74) is 0.309. The van der Waals surface area contributed by atoms with E-state index in [1.807, 2.05) is 52.0 Å². The minimum Gasteiger partial charge on any atom is -0.254 e. The van der Waals surface area contributed by atoms with E-state index in [1.165, 1.54) is 0 Å². The second-order valence-corrected chi connectivity index (χ2v) is 5.90. The average Bonchev–Trinajstić information content (AvgIpc) is 2.15. The van der Waals surface area contributed by atoms with E-state index in [2.05, 4.69) is 0 Å². The molecule has 1 unspecified atom stereocenters. The molecule has 14 heavy (non-hydrogen) atoms. The number of aryl methyl sites for hydroxylation is 1. The molecule has 0 aliphatic rings. The van der Waals surface area contributed by atoms with Gasteiger partial charge in [-0.05, 0) is 24.5 Å². The van der Waals surface area contributed by atoms with Gasteiger partial charge >= 0.3 is 0 Å². The number of rotatable bonds is 2. The van der Waals surface area contributed by atoms with Gasteiger partial charge in [-0.15, -0.1) is 0 Å². The Hall–Kier alpha value is -0.630. The summed E-state index contributed by atoms with van der Waals surface area (Å²) in [5.74, 6) is 0. The van der Waals surface area contributed by atoms with Gasteiger partial charge in [-0.3, -0.25) is 4.21 Å². The first kappa shape index (κ1) is 9.91. The van der Waals surface area contributed by atoms with E-state index < -0.39 is 16.5 Å². The van der Waals surface area contributed by atoms with Crippen LogP contribution in [0.4, 0.5) is 0 Å². The van der Waals surface area contributed by atoms with Crippen LogP contribution in [0.15, 0.2) is 29.2 Å². The van der Waals surface area contributed by atoms with E-state index in [0.717, 1.165) is 10.5 Å². The standard InChI is InChI=1S/C12H18OS/c1-10-5-7-11(8-6-10)14(13)9-12(2,3)4/h5-8H,9H2,1-4H3/i9D/t9-,14?/m1/s1. The molecular formula is C12H18OS. The summed E-state index contributed by atoms with van der Waals surface area (Å²) in [7, 11) is -1.24. The highest BCUT2D eigenvalue weighted by molar-refractivity contribution is 7.85. The Bertz CT molecular complexity index is 351. The smallest absolute Gasteiger partial charge is 0.0534 e. The Morgan fingerprint density at radius 1 is 1.29 bits per heavy atom. The van der Waals surface area contributed by atoms with Crippen molar-refractivity contribution in [2.24, 2.45) is 5.41 Å². The molecule has 0 bridgehead atoms. The number of benzene rings is 1. The van der Waals surface area contributed by atoms with Gasteiger partial charge in [-0.25, -0.2) is 0 Å². The van der Waals surface area contributed by atoms with Crippen molar-refractivity contribution in [3.63, 3.8) is 0 Å². The lowest BCUT2D eigenvalue weighted by Crippen LogP contribution is -2.16. The molecule has 0 aliphatic carbocycles. The summed E-state index contributed by atoms with van der Waals surface area (Å²) in [6, 6.07) is 7.56. The number of hydrogen-bond donors (Lipinski definition) is 0. The molecule has 1 rings (SSSR count). The third-order valence-corrected chi connectivity index (χ3v) is 3.37. The maximum atomic E-state index is 12.0. The molecule has 0 aliphatic heterocycles. The molecule has 0 aromatic heterocycles. The third kappa shape index (κ3) is 3.62. The zero-order chi connectivity index (χ0) is 11.6. The van der Waals surface area contributed by atoms with Crippen molar-refractivity contribution >= 4 is 10.8 Å². The van der Waals surface area contributed by atoms with Crippen LogP contribution in [0.5, 0.6) is 0 Å². The van der Waals surface area contributed by atoms with Gasteiger partial charge in [0, 0.05) is 12.0 Å². The van der Waals surface area contributed by atoms with Gasteiger partial charge in [0.25, 0.3) is 0 Å². The summed E-state index contributed by atoms with van der Waals surface area (Å²) in [6.45, 7) is 7.82. The molecule has 0 amide bonds. The van der Waals surface area contributed by atoms with Crippen molar-refractivity contribution in [2.75, 3.05) is 5.73 Å². The van der Waals surface area contributed by atoms with E-state index in [0.29, 0.717) is 0 Å². The Balaban J connectivity index is 2.90. The van der Waals surface area contributed by atoms with Crippen molar-refractivity contribution in [1.29, 1.82) is 0 Å².